The molecule has 2 unspecified atom stereocenters. The summed E-state index contributed by atoms with van der Waals surface area (Å²) >= 11 is 0. The normalized spacial score (nSPS) is 15.0. The Morgan fingerprint density at radius 1 is 0.868 bits per heavy atom. The molecule has 4 heterocycles. The van der Waals surface area contributed by atoms with Gasteiger partial charge < -0.3 is 51.2 Å². The zero-order valence-corrected chi connectivity index (χ0v) is 43.6. The highest BCUT2D eigenvalue weighted by Crippen LogP contribution is 2.28. The molecule has 4 aromatic rings. The molecular weight excluding hydrogens is 988 g/mol. The van der Waals surface area contributed by atoms with Gasteiger partial charge >= 0.3 is 18.1 Å². The Hall–Kier alpha value is -7.92. The first-order valence-electron chi connectivity index (χ1n) is 25.8. The predicted octanol–water partition coefficient (Wildman–Crippen LogP) is 4.59. The molecule has 23 nitrogen and oxygen atoms in total. The zero-order chi connectivity index (χ0) is 55.2. The molecule has 2 aromatic heterocycles. The molecule has 0 aliphatic carbocycles. The molecule has 2 saturated heterocycles. The molecule has 2 aromatic carbocycles. The van der Waals surface area contributed by atoms with E-state index in [1.54, 1.807) is 46.9 Å². The minimum atomic E-state index is -1.39. The topological polar surface area (TPSA) is 303 Å². The highest BCUT2D eigenvalue weighted by Gasteiger charge is 2.31. The number of aromatic carboxylic acids is 1. The summed E-state index contributed by atoms with van der Waals surface area (Å²) in [7, 11) is 0. The van der Waals surface area contributed by atoms with Crippen molar-refractivity contribution >= 4 is 69.9 Å². The van der Waals surface area contributed by atoms with E-state index in [0.29, 0.717) is 67.7 Å². The third kappa shape index (κ3) is 15.1. The molecule has 7 N–H and O–H groups in total. The van der Waals surface area contributed by atoms with Crippen molar-refractivity contribution in [3.8, 4) is 0 Å². The molecule has 2 aliphatic heterocycles. The Labute approximate surface area is 439 Å². The zero-order valence-electron chi connectivity index (χ0n) is 43.6. The third-order valence-electron chi connectivity index (χ3n) is 13.4. The Morgan fingerprint density at radius 2 is 1.57 bits per heavy atom. The number of hydrogen-bond acceptors (Lipinski definition) is 13. The number of carboxylic acid groups (broad SMARTS) is 1. The van der Waals surface area contributed by atoms with Crippen molar-refractivity contribution in [2.24, 2.45) is 17.6 Å². The number of likely N-dealkylation sites (tertiary alicyclic amines) is 1. The monoisotopic (exact) mass is 1060 g/mol. The second kappa shape index (κ2) is 26.5. The van der Waals surface area contributed by atoms with Crippen LogP contribution in [0.3, 0.4) is 0 Å². The maximum Gasteiger partial charge on any atom is 0.410 e. The molecule has 24 heteroatoms. The Kier molecular flexibility index (Phi) is 20.0. The van der Waals surface area contributed by atoms with Crippen LogP contribution >= 0.6 is 0 Å². The molecule has 0 radical (unpaired) electrons. The number of carbonyl (C=O) groups is 8. The lowest BCUT2D eigenvalue weighted by molar-refractivity contribution is -0.138. The predicted molar refractivity (Wildman–Crippen MR) is 277 cm³/mol. The molecule has 8 amide bonds. The van der Waals surface area contributed by atoms with Crippen LogP contribution in [0.25, 0.3) is 10.9 Å². The first-order chi connectivity index (χ1) is 36.2. The summed E-state index contributed by atoms with van der Waals surface area (Å²) in [4.78, 5) is 118. The van der Waals surface area contributed by atoms with Crippen molar-refractivity contribution < 1.29 is 52.6 Å². The number of carbonyl (C=O) groups excluding carboxylic acids is 7. The lowest BCUT2D eigenvalue weighted by Gasteiger charge is -2.35. The van der Waals surface area contributed by atoms with Crippen molar-refractivity contribution in [2.75, 3.05) is 49.5 Å². The number of halogens is 1. The molecule has 2 fully saturated rings. The van der Waals surface area contributed by atoms with E-state index >= 15 is 4.39 Å². The number of pyridine rings is 1. The van der Waals surface area contributed by atoms with Gasteiger partial charge in [-0.15, -0.1) is 5.10 Å². The van der Waals surface area contributed by atoms with Crippen molar-refractivity contribution in [1.29, 1.82) is 0 Å². The maximum atomic E-state index is 15.4. The van der Waals surface area contributed by atoms with Gasteiger partial charge in [-0.05, 0) is 80.7 Å². The van der Waals surface area contributed by atoms with Crippen LogP contribution in [0.1, 0.15) is 126 Å². The Morgan fingerprint density at radius 3 is 2.20 bits per heavy atom. The second-order valence-corrected chi connectivity index (χ2v) is 19.8. The van der Waals surface area contributed by atoms with Gasteiger partial charge in [-0.3, -0.25) is 33.7 Å². The number of nitrogens with two attached hydrogens (primary N) is 1. The number of aryl methyl sites for hydroxylation is 1. The van der Waals surface area contributed by atoms with E-state index in [1.807, 2.05) is 27.7 Å². The summed E-state index contributed by atoms with van der Waals surface area (Å²) < 4.78 is 24.0. The summed E-state index contributed by atoms with van der Waals surface area (Å²) in [5, 5.41) is 29.5. The molecule has 3 atom stereocenters. The van der Waals surface area contributed by atoms with E-state index in [2.05, 4.69) is 31.6 Å². The first kappa shape index (κ1) is 57.4. The van der Waals surface area contributed by atoms with E-state index < -0.39 is 64.8 Å². The van der Waals surface area contributed by atoms with Crippen molar-refractivity contribution in [3.63, 3.8) is 0 Å². The minimum Gasteiger partial charge on any atom is -0.477 e. The SMILES string of the molecule is CCn1cc(C(=O)O)c(=O)c2cc(F)c(N3CCN(C(=O)OCc4ccc(NC(=O)C(CCCNC(N)=O)n5cc([C@@H](NC(=O)C(CC(C)C)NC(=O)CCCCCN6C(=O)CCC6=O)C(C)C)nn5)cc4)CC3)cc21. The van der Waals surface area contributed by atoms with E-state index in [1.165, 1.54) is 26.7 Å². The van der Waals surface area contributed by atoms with Crippen LogP contribution in [-0.2, 0) is 41.9 Å². The number of urea groups is 1. The average Bonchev–Trinajstić information content (AvgIpc) is 4.01. The number of ether oxygens (including phenoxy) is 1. The number of rotatable bonds is 25. The number of aromatic nitrogens is 4. The fourth-order valence-corrected chi connectivity index (χ4v) is 9.22. The van der Waals surface area contributed by atoms with Crippen LogP contribution in [0, 0.1) is 17.7 Å². The number of anilines is 2. The fraction of sp³-hybridized carbons (Fsp3) is 0.519. The van der Waals surface area contributed by atoms with E-state index in [4.69, 9.17) is 10.5 Å². The van der Waals surface area contributed by atoms with Crippen molar-refractivity contribution in [3.05, 3.63) is 81.7 Å². The number of amides is 8. The molecule has 410 valence electrons. The fourth-order valence-electron chi connectivity index (χ4n) is 9.22. The number of benzene rings is 2. The Bertz CT molecular complexity index is 2810. The van der Waals surface area contributed by atoms with Crippen LogP contribution < -0.4 is 37.3 Å². The van der Waals surface area contributed by atoms with Crippen molar-refractivity contribution in [2.45, 2.75) is 124 Å². The van der Waals surface area contributed by atoms with Gasteiger partial charge in [0.15, 0.2) is 0 Å². The second-order valence-electron chi connectivity index (χ2n) is 19.8. The number of piperazine rings is 1. The number of carboxylic acids is 1. The van der Waals surface area contributed by atoms with Crippen LogP contribution in [0.2, 0.25) is 0 Å². The van der Waals surface area contributed by atoms with Crippen LogP contribution in [0.5, 0.6) is 0 Å². The van der Waals surface area contributed by atoms with Gasteiger partial charge in [-0.25, -0.2) is 23.5 Å². The lowest BCUT2D eigenvalue weighted by atomic mass is 9.98. The summed E-state index contributed by atoms with van der Waals surface area (Å²) in [5.41, 5.74) is 6.12. The molecule has 76 heavy (non-hydrogen) atoms. The van der Waals surface area contributed by atoms with Gasteiger partial charge in [0.1, 0.15) is 35.8 Å². The van der Waals surface area contributed by atoms with Crippen LogP contribution in [0.4, 0.5) is 25.4 Å². The number of imide groups is 1. The van der Waals surface area contributed by atoms with E-state index in [-0.39, 0.29) is 106 Å². The summed E-state index contributed by atoms with van der Waals surface area (Å²) in [5.74, 6) is -3.70. The minimum absolute atomic E-state index is 0.0357. The average molecular weight is 1060 g/mol. The van der Waals surface area contributed by atoms with Crippen LogP contribution in [-0.4, -0.2) is 127 Å². The van der Waals surface area contributed by atoms with Gasteiger partial charge in [0.25, 0.3) is 0 Å². The van der Waals surface area contributed by atoms with E-state index in [0.717, 1.165) is 6.07 Å². The smallest absolute Gasteiger partial charge is 0.410 e. The highest BCUT2D eigenvalue weighted by molar-refractivity contribution is 6.02. The van der Waals surface area contributed by atoms with Gasteiger partial charge in [0.2, 0.25) is 35.0 Å². The molecule has 2 aliphatic rings. The largest absolute Gasteiger partial charge is 0.477 e. The number of unbranched alkanes of at least 4 members (excludes halogenated alkanes) is 2. The molecular formula is C52H69FN12O11. The summed E-state index contributed by atoms with van der Waals surface area (Å²) in [6.07, 6.45) is 5.54. The van der Waals surface area contributed by atoms with Gasteiger partial charge in [-0.1, -0.05) is 51.5 Å². The number of primary amides is 1. The molecule has 0 bridgehead atoms. The number of fused-ring (bicyclic) bond motifs is 1. The number of nitrogens with one attached hydrogen (secondary N) is 4. The Balaban J connectivity index is 1.03. The number of hydrogen-bond donors (Lipinski definition) is 6. The van der Waals surface area contributed by atoms with Gasteiger partial charge in [0, 0.05) is 82.3 Å². The summed E-state index contributed by atoms with van der Waals surface area (Å²) in [6, 6.07) is 6.12. The van der Waals surface area contributed by atoms with Gasteiger partial charge in [0.05, 0.1) is 23.4 Å². The lowest BCUT2D eigenvalue weighted by Crippen LogP contribution is -2.49. The molecule has 6 rings (SSSR count). The first-order valence-corrected chi connectivity index (χ1v) is 25.8. The van der Waals surface area contributed by atoms with Crippen LogP contribution in [0.15, 0.2) is 53.6 Å². The van der Waals surface area contributed by atoms with Crippen molar-refractivity contribution in [1.82, 2.24) is 45.3 Å². The quantitative estimate of drug-likeness (QED) is 0.0391. The molecule has 0 saturated carbocycles. The van der Waals surface area contributed by atoms with Gasteiger partial charge in [-0.2, -0.15) is 0 Å². The maximum absolute atomic E-state index is 15.4. The third-order valence-corrected chi connectivity index (χ3v) is 13.4. The van der Waals surface area contributed by atoms with E-state index in [9.17, 15) is 48.3 Å². The highest BCUT2D eigenvalue weighted by atomic mass is 19.1. The summed E-state index contributed by atoms with van der Waals surface area (Å²) in [6.45, 7) is 11.2. The standard InChI is InChI=1S/C52H69FN12O11/c1-6-61-28-36(50(72)73)47(69)35-26-37(53)42(27-41(35)61)62-21-23-63(24-22-62)52(75)76-30-33-13-15-34(16-14-33)56-49(71)40(11-10-19-55-51(54)74)65-29-39(59-60-65)46(32(4)5)58-48(70)38(25-31(2)3)57-43(66)12-8-7-9-20-64-44(67)17-18-45(64)68/h13-16,26-29,31-32,38,40,46H,6-12,17-25,30H2,1-5H3,(H,56,71)(H,57,66)(H,58,70)(H,72,73)(H3,54,55,74)/t38?,40?,46-/m0/s1. The number of nitrogens with zero attached hydrogens (tertiary/aromatic N) is 7. The molecule has 0 spiro atoms.